The Kier molecular flexibility index (Phi) is 5.62. The molecule has 31 heavy (non-hydrogen) atoms. The highest BCUT2D eigenvalue weighted by Crippen LogP contribution is 2.66. The average molecular weight is 503 g/mol. The third-order valence-electron chi connectivity index (χ3n) is 4.39. The van der Waals surface area contributed by atoms with Crippen LogP contribution in [0.15, 0.2) is 12.7 Å². The van der Waals surface area contributed by atoms with Gasteiger partial charge in [0.1, 0.15) is 23.5 Å². The third-order valence-corrected chi connectivity index (χ3v) is 8.17. The predicted octanol–water partition coefficient (Wildman–Crippen LogP) is -0.192. The van der Waals surface area contributed by atoms with Crippen LogP contribution in [0.2, 0.25) is 0 Å². The number of hydrogen-bond donors (Lipinski definition) is 5. The summed E-state index contributed by atoms with van der Waals surface area (Å²) >= 11 is 0. The summed E-state index contributed by atoms with van der Waals surface area (Å²) in [7, 11) is -16.4. The van der Waals surface area contributed by atoms with Crippen LogP contribution in [0.3, 0.4) is 0 Å². The van der Waals surface area contributed by atoms with E-state index in [9.17, 15) is 23.5 Å². The lowest BCUT2D eigenvalue weighted by molar-refractivity contribution is -0.181. The number of hydrogen-bond acceptors (Lipinski definition) is 12. The highest BCUT2D eigenvalue weighted by molar-refractivity contribution is 7.66. The maximum absolute atomic E-state index is 12.0. The second-order valence-corrected chi connectivity index (χ2v) is 11.1. The second kappa shape index (κ2) is 7.63. The van der Waals surface area contributed by atoms with Gasteiger partial charge in [0.2, 0.25) is 0 Å². The lowest BCUT2D eigenvalue weighted by Crippen LogP contribution is -2.39. The van der Waals surface area contributed by atoms with E-state index < -0.39 is 48.0 Å². The van der Waals surface area contributed by atoms with E-state index >= 15 is 0 Å². The molecule has 2 fully saturated rings. The maximum Gasteiger partial charge on any atom is 0.490 e. The normalized spacial score (nSPS) is 29.8. The highest BCUT2D eigenvalue weighted by Gasteiger charge is 2.56. The molecule has 2 aliphatic heterocycles. The molecule has 20 heteroatoms. The molecule has 17 nitrogen and oxygen atoms in total. The Morgan fingerprint density at radius 2 is 1.90 bits per heavy atom. The maximum atomic E-state index is 12.0. The van der Waals surface area contributed by atoms with E-state index in [0.717, 1.165) is 0 Å². The van der Waals surface area contributed by atoms with Crippen molar-refractivity contribution < 1.29 is 55.9 Å². The number of phosphoric ester groups is 1. The van der Waals surface area contributed by atoms with Crippen molar-refractivity contribution in [3.63, 3.8) is 0 Å². The van der Waals surface area contributed by atoms with Crippen molar-refractivity contribution in [1.29, 1.82) is 0 Å². The summed E-state index contributed by atoms with van der Waals surface area (Å²) in [6.45, 7) is -0.652. The van der Waals surface area contributed by atoms with Crippen molar-refractivity contribution in [1.82, 2.24) is 19.5 Å². The number of nitrogen functional groups attached to an aromatic ring is 1. The number of phosphoric acid groups is 3. The van der Waals surface area contributed by atoms with Crippen LogP contribution in [0.1, 0.15) is 12.6 Å². The summed E-state index contributed by atoms with van der Waals surface area (Å²) < 4.78 is 59.3. The zero-order valence-electron chi connectivity index (χ0n) is 15.2. The molecule has 4 rings (SSSR count). The molecule has 0 spiro atoms. The summed E-state index contributed by atoms with van der Waals surface area (Å²) in [5.74, 6) is 0.162. The Balaban J connectivity index is 1.45. The van der Waals surface area contributed by atoms with Crippen LogP contribution in [0, 0.1) is 0 Å². The Hall–Kier alpha value is -1.32. The van der Waals surface area contributed by atoms with Gasteiger partial charge in [0, 0.05) is 6.42 Å². The van der Waals surface area contributed by atoms with Gasteiger partial charge >= 0.3 is 23.5 Å². The minimum absolute atomic E-state index is 0.0340. The molecule has 2 saturated heterocycles. The molecule has 0 radical (unpaired) electrons. The zero-order valence-corrected chi connectivity index (χ0v) is 17.9. The van der Waals surface area contributed by atoms with E-state index in [4.69, 9.17) is 29.5 Å². The van der Waals surface area contributed by atoms with Crippen LogP contribution in [-0.2, 0) is 36.3 Å². The van der Waals surface area contributed by atoms with Gasteiger partial charge in [-0.3, -0.25) is 9.09 Å². The van der Waals surface area contributed by atoms with Crippen molar-refractivity contribution in [3.05, 3.63) is 12.7 Å². The fourth-order valence-electron chi connectivity index (χ4n) is 3.27. The summed E-state index contributed by atoms with van der Waals surface area (Å²) in [6.07, 6.45) is 1.64. The van der Waals surface area contributed by atoms with Gasteiger partial charge in [-0.2, -0.15) is 8.62 Å². The molecule has 6 N–H and O–H groups in total. The van der Waals surface area contributed by atoms with Crippen LogP contribution in [0.25, 0.3) is 11.2 Å². The van der Waals surface area contributed by atoms with Crippen molar-refractivity contribution in [2.45, 2.75) is 24.4 Å². The van der Waals surface area contributed by atoms with Crippen molar-refractivity contribution in [2.24, 2.45) is 0 Å². The molecule has 2 aromatic rings. The second-order valence-electron chi connectivity index (χ2n) is 6.69. The SMILES string of the molecule is Nc1ncnc2c1ncn2[C@@H]1O[C@@]2(COP(=O)(O)OP(=O)(O)OP(=O)(O)O)CO[C@@H]1C2. The Bertz CT molecular complexity index is 1150. The van der Waals surface area contributed by atoms with Gasteiger partial charge in [-0.1, -0.05) is 0 Å². The topological polar surface area (TPSA) is 248 Å². The number of aromatic nitrogens is 4. The number of anilines is 1. The minimum atomic E-state index is -5.61. The minimum Gasteiger partial charge on any atom is -0.382 e. The van der Waals surface area contributed by atoms with Crippen molar-refractivity contribution >= 4 is 40.4 Å². The number of nitrogens with two attached hydrogens (primary N) is 1. The van der Waals surface area contributed by atoms with Crippen LogP contribution in [0.4, 0.5) is 5.82 Å². The van der Waals surface area contributed by atoms with Gasteiger partial charge in [0.15, 0.2) is 17.7 Å². The Labute approximate surface area is 172 Å². The first-order chi connectivity index (χ1) is 14.3. The summed E-state index contributed by atoms with van der Waals surface area (Å²) in [6, 6.07) is 0. The van der Waals surface area contributed by atoms with Gasteiger partial charge in [0.25, 0.3) is 0 Å². The Morgan fingerprint density at radius 3 is 2.61 bits per heavy atom. The molecule has 0 aromatic carbocycles. The molecule has 2 bridgehead atoms. The molecule has 5 atom stereocenters. The molecular formula is C11H16N5O12P3. The largest absolute Gasteiger partial charge is 0.490 e. The molecule has 4 heterocycles. The van der Waals surface area contributed by atoms with Gasteiger partial charge in [0.05, 0.1) is 19.5 Å². The van der Waals surface area contributed by atoms with E-state index in [-0.39, 0.29) is 18.8 Å². The van der Waals surface area contributed by atoms with Crippen LogP contribution in [-0.4, -0.2) is 64.0 Å². The van der Waals surface area contributed by atoms with E-state index in [0.29, 0.717) is 11.2 Å². The molecule has 172 valence electrons. The molecule has 0 amide bonds. The molecular weight excluding hydrogens is 487 g/mol. The van der Waals surface area contributed by atoms with Gasteiger partial charge in [-0.05, 0) is 0 Å². The van der Waals surface area contributed by atoms with Crippen molar-refractivity contribution in [2.75, 3.05) is 18.9 Å². The number of imidazole rings is 1. The van der Waals surface area contributed by atoms with E-state index in [1.54, 1.807) is 4.57 Å². The van der Waals surface area contributed by atoms with Crippen LogP contribution >= 0.6 is 23.5 Å². The standard InChI is InChI=1S/C11H16N5O12P3/c12-8-7-9(14-4-13-8)16(5-15-7)10-6-1-11(26-10,2-24-6)3-25-30(20,21)28-31(22,23)27-29(17,18)19/h4-6,10H,1-3H2,(H,20,21)(H,22,23)(H2,12,13,14)(H2,17,18,19)/t6-,10-,11-/m1/s1. The van der Waals surface area contributed by atoms with Gasteiger partial charge < -0.3 is 34.8 Å². The number of ether oxygens (including phenoxy) is 2. The molecule has 2 aliphatic rings. The molecule has 0 aliphatic carbocycles. The molecule has 2 unspecified atom stereocenters. The first-order valence-electron chi connectivity index (χ1n) is 8.29. The monoisotopic (exact) mass is 503 g/mol. The quantitative estimate of drug-likeness (QED) is 0.293. The average Bonchev–Trinajstić information content (AvgIpc) is 3.30. The Morgan fingerprint density at radius 1 is 1.16 bits per heavy atom. The lowest BCUT2D eigenvalue weighted by atomic mass is 10.0. The smallest absolute Gasteiger partial charge is 0.382 e. The highest BCUT2D eigenvalue weighted by atomic mass is 31.3. The zero-order chi connectivity index (χ0) is 22.7. The van der Waals surface area contributed by atoms with E-state index in [1.807, 2.05) is 0 Å². The summed E-state index contributed by atoms with van der Waals surface area (Å²) in [5.41, 5.74) is 5.25. The van der Waals surface area contributed by atoms with E-state index in [2.05, 4.69) is 23.6 Å². The fraction of sp³-hybridized carbons (Fsp3) is 0.545. The predicted molar refractivity (Wildman–Crippen MR) is 96.8 cm³/mol. The molecule has 0 saturated carbocycles. The van der Waals surface area contributed by atoms with Gasteiger partial charge in [-0.15, -0.1) is 0 Å². The summed E-state index contributed by atoms with van der Waals surface area (Å²) in [5, 5.41) is 0. The summed E-state index contributed by atoms with van der Waals surface area (Å²) in [4.78, 5) is 48.1. The number of nitrogens with zero attached hydrogens (tertiary/aromatic N) is 4. The lowest BCUT2D eigenvalue weighted by Gasteiger charge is -2.31. The first kappa shape index (κ1) is 22.9. The van der Waals surface area contributed by atoms with Crippen LogP contribution in [0.5, 0.6) is 0 Å². The molecule has 2 aromatic heterocycles. The fourth-order valence-corrected chi connectivity index (χ4v) is 6.36. The van der Waals surface area contributed by atoms with Crippen molar-refractivity contribution in [3.8, 4) is 0 Å². The number of fused-ring (bicyclic) bond motifs is 3. The van der Waals surface area contributed by atoms with Crippen LogP contribution < -0.4 is 5.73 Å². The third kappa shape index (κ3) is 4.88. The number of rotatable bonds is 8. The van der Waals surface area contributed by atoms with Gasteiger partial charge in [-0.25, -0.2) is 28.6 Å². The first-order valence-corrected chi connectivity index (χ1v) is 12.8. The van der Waals surface area contributed by atoms with E-state index in [1.165, 1.54) is 12.7 Å².